The molecule has 0 aliphatic carbocycles. The summed E-state index contributed by atoms with van der Waals surface area (Å²) in [6, 6.07) is 1.49. The van der Waals surface area contributed by atoms with Crippen molar-refractivity contribution in [3.05, 3.63) is 18.5 Å². The number of carbonyl (C=O) groups is 2. The van der Waals surface area contributed by atoms with Gasteiger partial charge < -0.3 is 14.5 Å². The van der Waals surface area contributed by atoms with Crippen molar-refractivity contribution in [3.63, 3.8) is 0 Å². The van der Waals surface area contributed by atoms with E-state index in [1.165, 1.54) is 7.11 Å². The van der Waals surface area contributed by atoms with E-state index in [-0.39, 0.29) is 24.3 Å². The molecule has 1 amide bonds. The van der Waals surface area contributed by atoms with Gasteiger partial charge in [-0.05, 0) is 18.9 Å². The maximum atomic E-state index is 12.5. The van der Waals surface area contributed by atoms with Crippen LogP contribution in [0.2, 0.25) is 0 Å². The van der Waals surface area contributed by atoms with E-state index in [9.17, 15) is 9.59 Å². The first-order chi connectivity index (χ1) is 10.1. The van der Waals surface area contributed by atoms with Crippen LogP contribution in [0.3, 0.4) is 0 Å². The van der Waals surface area contributed by atoms with Crippen LogP contribution in [0.15, 0.2) is 18.5 Å². The normalized spacial score (nSPS) is 17.6. The monoisotopic (exact) mass is 292 g/mol. The zero-order valence-corrected chi connectivity index (χ0v) is 12.4. The summed E-state index contributed by atoms with van der Waals surface area (Å²) < 4.78 is 4.59. The molecule has 1 fully saturated rings. The molecule has 2 rings (SSSR count). The lowest BCUT2D eigenvalue weighted by Gasteiger charge is -2.27. The summed E-state index contributed by atoms with van der Waals surface area (Å²) in [5.74, 6) is 0.253. The topological polar surface area (TPSA) is 75.6 Å². The highest BCUT2D eigenvalue weighted by molar-refractivity contribution is 5.85. The Labute approximate surface area is 123 Å². The number of anilines is 1. The zero-order valence-electron chi connectivity index (χ0n) is 12.4. The van der Waals surface area contributed by atoms with Crippen LogP contribution in [0.4, 0.5) is 5.95 Å². The predicted octanol–water partition coefficient (Wildman–Crippen LogP) is 0.467. The number of amides is 1. The van der Waals surface area contributed by atoms with Crippen LogP contribution in [0.1, 0.15) is 19.3 Å². The number of ether oxygens (including phenoxy) is 1. The number of hydrogen-bond acceptors (Lipinski definition) is 6. The fourth-order valence-electron chi connectivity index (χ4n) is 2.43. The molecule has 0 aromatic carbocycles. The molecule has 1 aliphatic rings. The molecule has 7 nitrogen and oxygen atoms in total. The molecule has 1 unspecified atom stereocenters. The van der Waals surface area contributed by atoms with Crippen molar-refractivity contribution in [2.45, 2.75) is 25.3 Å². The van der Waals surface area contributed by atoms with Gasteiger partial charge in [0.15, 0.2) is 0 Å². The average Bonchev–Trinajstić information content (AvgIpc) is 3.01. The summed E-state index contributed by atoms with van der Waals surface area (Å²) in [4.78, 5) is 35.6. The van der Waals surface area contributed by atoms with E-state index in [2.05, 4.69) is 14.7 Å². The van der Waals surface area contributed by atoms with Crippen molar-refractivity contribution in [1.82, 2.24) is 14.9 Å². The highest BCUT2D eigenvalue weighted by Crippen LogP contribution is 2.23. The Hall–Kier alpha value is -2.18. The summed E-state index contributed by atoms with van der Waals surface area (Å²) in [6.45, 7) is 1.12. The van der Waals surface area contributed by atoms with Gasteiger partial charge >= 0.3 is 5.97 Å². The number of methoxy groups -OCH3 is 1. The van der Waals surface area contributed by atoms with E-state index in [0.29, 0.717) is 12.5 Å². The van der Waals surface area contributed by atoms with E-state index in [1.807, 2.05) is 4.90 Å². The summed E-state index contributed by atoms with van der Waals surface area (Å²) in [6.07, 6.45) is 5.25. The first-order valence-electron chi connectivity index (χ1n) is 6.99. The van der Waals surface area contributed by atoms with Gasteiger partial charge in [0.2, 0.25) is 11.9 Å². The molecule has 0 saturated carbocycles. The van der Waals surface area contributed by atoms with Crippen LogP contribution in [0.5, 0.6) is 0 Å². The lowest BCUT2D eigenvalue weighted by atomic mass is 10.2. The number of aromatic nitrogens is 2. The Morgan fingerprint density at radius 3 is 2.81 bits per heavy atom. The molecular weight excluding hydrogens is 272 g/mol. The third-order valence-corrected chi connectivity index (χ3v) is 3.60. The molecule has 114 valence electrons. The lowest BCUT2D eigenvalue weighted by Crippen LogP contribution is -2.45. The van der Waals surface area contributed by atoms with Crippen molar-refractivity contribution in [1.29, 1.82) is 0 Å². The van der Waals surface area contributed by atoms with Crippen molar-refractivity contribution >= 4 is 17.8 Å². The number of nitrogens with zero attached hydrogens (tertiary/aromatic N) is 4. The van der Waals surface area contributed by atoms with Gasteiger partial charge in [-0.15, -0.1) is 0 Å². The number of rotatable bonds is 5. The number of esters is 1. The van der Waals surface area contributed by atoms with E-state index in [1.54, 1.807) is 30.4 Å². The van der Waals surface area contributed by atoms with E-state index < -0.39 is 0 Å². The second kappa shape index (κ2) is 7.01. The van der Waals surface area contributed by atoms with E-state index >= 15 is 0 Å². The van der Waals surface area contributed by atoms with Crippen LogP contribution in [-0.2, 0) is 14.3 Å². The average molecular weight is 292 g/mol. The molecule has 2 heterocycles. The largest absolute Gasteiger partial charge is 0.469 e. The number of carbonyl (C=O) groups excluding carboxylic acids is 2. The third kappa shape index (κ3) is 3.68. The fraction of sp³-hybridized carbons (Fsp3) is 0.571. The van der Waals surface area contributed by atoms with Crippen molar-refractivity contribution in [2.24, 2.45) is 0 Å². The molecule has 0 N–H and O–H groups in total. The van der Waals surface area contributed by atoms with Gasteiger partial charge in [-0.2, -0.15) is 0 Å². The molecule has 0 spiro atoms. The molecule has 1 saturated heterocycles. The van der Waals surface area contributed by atoms with E-state index in [0.717, 1.165) is 19.4 Å². The quantitative estimate of drug-likeness (QED) is 0.734. The molecule has 1 aromatic heterocycles. The van der Waals surface area contributed by atoms with Gasteiger partial charge in [-0.3, -0.25) is 9.59 Å². The minimum absolute atomic E-state index is 0.0103. The Morgan fingerprint density at radius 1 is 1.43 bits per heavy atom. The van der Waals surface area contributed by atoms with Gasteiger partial charge in [-0.1, -0.05) is 0 Å². The van der Waals surface area contributed by atoms with Gasteiger partial charge in [0.25, 0.3) is 0 Å². The lowest BCUT2D eigenvalue weighted by molar-refractivity contribution is -0.141. The van der Waals surface area contributed by atoms with Gasteiger partial charge in [-0.25, -0.2) is 9.97 Å². The van der Waals surface area contributed by atoms with Crippen LogP contribution in [0.25, 0.3) is 0 Å². The molecule has 21 heavy (non-hydrogen) atoms. The minimum atomic E-state index is -0.315. The smallest absolute Gasteiger partial charge is 0.307 e. The molecule has 0 bridgehead atoms. The minimum Gasteiger partial charge on any atom is -0.469 e. The van der Waals surface area contributed by atoms with Gasteiger partial charge in [0.05, 0.1) is 13.5 Å². The van der Waals surface area contributed by atoms with Crippen molar-refractivity contribution in [2.75, 3.05) is 32.1 Å². The fourth-order valence-corrected chi connectivity index (χ4v) is 2.43. The van der Waals surface area contributed by atoms with Crippen LogP contribution < -0.4 is 4.90 Å². The molecular formula is C14H20N4O3. The predicted molar refractivity (Wildman–Crippen MR) is 76.7 cm³/mol. The van der Waals surface area contributed by atoms with Gasteiger partial charge in [0.1, 0.15) is 6.04 Å². The Morgan fingerprint density at radius 2 is 2.14 bits per heavy atom. The van der Waals surface area contributed by atoms with Crippen LogP contribution in [-0.4, -0.2) is 60.0 Å². The summed E-state index contributed by atoms with van der Waals surface area (Å²) in [7, 11) is 3.04. The van der Waals surface area contributed by atoms with Crippen molar-refractivity contribution in [3.8, 4) is 0 Å². The van der Waals surface area contributed by atoms with E-state index in [4.69, 9.17) is 0 Å². The highest BCUT2D eigenvalue weighted by atomic mass is 16.5. The molecule has 1 atom stereocenters. The molecule has 7 heteroatoms. The summed E-state index contributed by atoms with van der Waals surface area (Å²) in [5, 5.41) is 0. The maximum Gasteiger partial charge on any atom is 0.307 e. The second-order valence-corrected chi connectivity index (χ2v) is 4.99. The summed E-state index contributed by atoms with van der Waals surface area (Å²) in [5.41, 5.74) is 0. The second-order valence-electron chi connectivity index (χ2n) is 4.99. The van der Waals surface area contributed by atoms with Crippen LogP contribution in [0, 0.1) is 0 Å². The van der Waals surface area contributed by atoms with Gasteiger partial charge in [0, 0.05) is 32.5 Å². The summed E-state index contributed by atoms with van der Waals surface area (Å²) >= 11 is 0. The van der Waals surface area contributed by atoms with Crippen LogP contribution >= 0.6 is 0 Å². The molecule has 1 aromatic rings. The Bertz CT molecular complexity index is 494. The Balaban J connectivity index is 1.99. The number of hydrogen-bond donors (Lipinski definition) is 0. The SMILES string of the molecule is COC(=O)CCN(C)C(=O)C1CCCN1c1ncccn1. The Kier molecular flexibility index (Phi) is 5.08. The standard InChI is InChI=1S/C14H20N4O3/c1-17(10-6-12(19)21-2)13(20)11-5-3-9-18(11)14-15-7-4-8-16-14/h4,7-8,11H,3,5-6,9-10H2,1-2H3. The van der Waals surface area contributed by atoms with Crippen molar-refractivity contribution < 1.29 is 14.3 Å². The maximum absolute atomic E-state index is 12.5. The molecule has 1 aliphatic heterocycles. The molecule has 0 radical (unpaired) electrons. The first kappa shape index (κ1) is 15.2. The number of likely N-dealkylation sites (N-methyl/N-ethyl adjacent to an activating group) is 1. The highest BCUT2D eigenvalue weighted by Gasteiger charge is 2.34. The first-order valence-corrected chi connectivity index (χ1v) is 6.99. The third-order valence-electron chi connectivity index (χ3n) is 3.60. The zero-order chi connectivity index (χ0) is 15.2.